The lowest BCUT2D eigenvalue weighted by molar-refractivity contribution is -0.131. The predicted molar refractivity (Wildman–Crippen MR) is 65.7 cm³/mol. The molecule has 0 saturated heterocycles. The van der Waals surface area contributed by atoms with Gasteiger partial charge in [0, 0.05) is 20.0 Å². The quantitative estimate of drug-likeness (QED) is 0.808. The first-order valence-electron chi connectivity index (χ1n) is 5.69. The number of carbonyl (C=O) groups is 1. The van der Waals surface area contributed by atoms with Gasteiger partial charge in [0.05, 0.1) is 6.10 Å². The number of benzene rings is 1. The molecule has 1 rings (SSSR count). The minimum Gasteiger partial charge on any atom is -0.508 e. The van der Waals surface area contributed by atoms with Gasteiger partial charge in [-0.05, 0) is 25.0 Å². The van der Waals surface area contributed by atoms with Crippen molar-refractivity contribution in [1.82, 2.24) is 4.90 Å². The Morgan fingerprint density at radius 3 is 2.65 bits per heavy atom. The van der Waals surface area contributed by atoms with E-state index in [1.165, 1.54) is 4.90 Å². The van der Waals surface area contributed by atoms with Gasteiger partial charge in [0.15, 0.2) is 0 Å². The van der Waals surface area contributed by atoms with Crippen LogP contribution in [0.3, 0.4) is 0 Å². The van der Waals surface area contributed by atoms with Crippen molar-refractivity contribution in [3.05, 3.63) is 29.8 Å². The Bertz CT molecular complexity index is 377. The van der Waals surface area contributed by atoms with Crippen molar-refractivity contribution in [3.63, 3.8) is 0 Å². The van der Waals surface area contributed by atoms with Crippen LogP contribution in [0.25, 0.3) is 0 Å². The molecule has 1 unspecified atom stereocenters. The normalized spacial score (nSPS) is 12.2. The number of likely N-dealkylation sites (N-methyl/N-ethyl adjacent to an activating group) is 1. The van der Waals surface area contributed by atoms with Crippen LogP contribution >= 0.6 is 0 Å². The fraction of sp³-hybridized carbons (Fsp3) is 0.462. The molecule has 0 fully saturated rings. The van der Waals surface area contributed by atoms with E-state index in [0.717, 1.165) is 5.56 Å². The predicted octanol–water partition coefficient (Wildman–Crippen LogP) is 1.16. The Labute approximate surface area is 101 Å². The Morgan fingerprint density at radius 2 is 2.06 bits per heavy atom. The average molecular weight is 237 g/mol. The Hall–Kier alpha value is -1.55. The van der Waals surface area contributed by atoms with Crippen molar-refractivity contribution in [2.45, 2.75) is 25.9 Å². The van der Waals surface area contributed by atoms with Gasteiger partial charge in [-0.1, -0.05) is 18.2 Å². The molecule has 2 N–H and O–H groups in total. The van der Waals surface area contributed by atoms with Crippen LogP contribution in [-0.4, -0.2) is 40.7 Å². The number of aliphatic hydroxyl groups excluding tert-OH is 1. The van der Waals surface area contributed by atoms with Crippen LogP contribution in [0.5, 0.6) is 5.75 Å². The zero-order chi connectivity index (χ0) is 12.8. The Balaban J connectivity index is 2.46. The summed E-state index contributed by atoms with van der Waals surface area (Å²) in [5.41, 5.74) is 0.770. The summed E-state index contributed by atoms with van der Waals surface area (Å²) in [6.45, 7) is 1.98. The zero-order valence-electron chi connectivity index (χ0n) is 10.3. The highest BCUT2D eigenvalue weighted by Gasteiger charge is 2.11. The van der Waals surface area contributed by atoms with Gasteiger partial charge in [-0.25, -0.2) is 0 Å². The minimum atomic E-state index is -0.519. The highest BCUT2D eigenvalue weighted by Crippen LogP contribution is 2.17. The van der Waals surface area contributed by atoms with Crippen molar-refractivity contribution in [1.29, 1.82) is 0 Å². The minimum absolute atomic E-state index is 0.0332. The van der Waals surface area contributed by atoms with Crippen molar-refractivity contribution in [2.24, 2.45) is 0 Å². The van der Waals surface area contributed by atoms with Crippen LogP contribution in [0.2, 0.25) is 0 Å². The molecule has 1 aromatic rings. The molecule has 4 nitrogen and oxygen atoms in total. The second-order valence-electron chi connectivity index (χ2n) is 4.25. The average Bonchev–Trinajstić information content (AvgIpc) is 2.26. The van der Waals surface area contributed by atoms with E-state index in [1.54, 1.807) is 32.2 Å². The summed E-state index contributed by atoms with van der Waals surface area (Å²) in [6, 6.07) is 7.00. The topological polar surface area (TPSA) is 60.8 Å². The smallest absolute Gasteiger partial charge is 0.222 e. The van der Waals surface area contributed by atoms with Gasteiger partial charge in [0.2, 0.25) is 5.91 Å². The molecule has 1 atom stereocenters. The SMILES string of the molecule is CC(O)CN(C)C(=O)CCc1ccccc1O. The maximum Gasteiger partial charge on any atom is 0.222 e. The fourth-order valence-corrected chi connectivity index (χ4v) is 1.65. The van der Waals surface area contributed by atoms with Gasteiger partial charge in [-0.2, -0.15) is 0 Å². The number of rotatable bonds is 5. The third-order valence-corrected chi connectivity index (χ3v) is 2.56. The molecule has 1 aromatic carbocycles. The molecule has 0 aliphatic rings. The first kappa shape index (κ1) is 13.5. The molecule has 1 amide bonds. The highest BCUT2D eigenvalue weighted by molar-refractivity contribution is 5.76. The molecule has 0 aliphatic heterocycles. The number of carbonyl (C=O) groups excluding carboxylic acids is 1. The van der Waals surface area contributed by atoms with Crippen LogP contribution < -0.4 is 0 Å². The van der Waals surface area contributed by atoms with E-state index in [9.17, 15) is 9.90 Å². The van der Waals surface area contributed by atoms with Crippen LogP contribution in [0, 0.1) is 0 Å². The second-order valence-corrected chi connectivity index (χ2v) is 4.25. The van der Waals surface area contributed by atoms with E-state index in [0.29, 0.717) is 19.4 Å². The van der Waals surface area contributed by atoms with Gasteiger partial charge in [0.1, 0.15) is 5.75 Å². The first-order chi connectivity index (χ1) is 8.00. The Morgan fingerprint density at radius 1 is 1.41 bits per heavy atom. The lowest BCUT2D eigenvalue weighted by Crippen LogP contribution is -2.33. The van der Waals surface area contributed by atoms with Gasteiger partial charge < -0.3 is 15.1 Å². The van der Waals surface area contributed by atoms with E-state index in [2.05, 4.69) is 0 Å². The number of aromatic hydroxyl groups is 1. The number of nitrogens with zero attached hydrogens (tertiary/aromatic N) is 1. The second kappa shape index (κ2) is 6.25. The summed E-state index contributed by atoms with van der Waals surface area (Å²) in [4.78, 5) is 13.2. The number of phenols is 1. The third-order valence-electron chi connectivity index (χ3n) is 2.56. The molecular weight excluding hydrogens is 218 g/mol. The van der Waals surface area contributed by atoms with Crippen LogP contribution in [0.4, 0.5) is 0 Å². The standard InChI is InChI=1S/C13H19NO3/c1-10(15)9-14(2)13(17)8-7-11-5-3-4-6-12(11)16/h3-6,10,15-16H,7-9H2,1-2H3. The van der Waals surface area contributed by atoms with E-state index < -0.39 is 6.10 Å². The van der Waals surface area contributed by atoms with Gasteiger partial charge in [0.25, 0.3) is 0 Å². The largest absolute Gasteiger partial charge is 0.508 e. The van der Waals surface area contributed by atoms with Gasteiger partial charge in [-0.15, -0.1) is 0 Å². The van der Waals surface area contributed by atoms with E-state index >= 15 is 0 Å². The zero-order valence-corrected chi connectivity index (χ0v) is 10.3. The maximum absolute atomic E-state index is 11.7. The monoisotopic (exact) mass is 237 g/mol. The molecular formula is C13H19NO3. The third kappa shape index (κ3) is 4.44. The molecule has 0 saturated carbocycles. The van der Waals surface area contributed by atoms with Crippen molar-refractivity contribution in [3.8, 4) is 5.75 Å². The molecule has 0 spiro atoms. The molecule has 0 aliphatic carbocycles. The summed E-state index contributed by atoms with van der Waals surface area (Å²) in [5.74, 6) is 0.188. The summed E-state index contributed by atoms with van der Waals surface area (Å²) >= 11 is 0. The maximum atomic E-state index is 11.7. The molecule has 0 heterocycles. The number of aryl methyl sites for hydroxylation is 1. The molecule has 4 heteroatoms. The van der Waals surface area contributed by atoms with Crippen LogP contribution in [0.15, 0.2) is 24.3 Å². The lowest BCUT2D eigenvalue weighted by Gasteiger charge is -2.18. The van der Waals surface area contributed by atoms with E-state index in [4.69, 9.17) is 5.11 Å². The lowest BCUT2D eigenvalue weighted by atomic mass is 10.1. The molecule has 17 heavy (non-hydrogen) atoms. The number of aliphatic hydroxyl groups is 1. The summed E-state index contributed by atoms with van der Waals surface area (Å²) in [6.07, 6.45) is 0.324. The highest BCUT2D eigenvalue weighted by atomic mass is 16.3. The number of amides is 1. The van der Waals surface area contributed by atoms with Crippen molar-refractivity contribution < 1.29 is 15.0 Å². The molecule has 0 radical (unpaired) electrons. The molecule has 0 aromatic heterocycles. The van der Waals surface area contributed by atoms with Gasteiger partial charge >= 0.3 is 0 Å². The number of hydrogen-bond acceptors (Lipinski definition) is 3. The molecule has 0 bridgehead atoms. The number of phenolic OH excluding ortho intramolecular Hbond substituents is 1. The van der Waals surface area contributed by atoms with Crippen molar-refractivity contribution in [2.75, 3.05) is 13.6 Å². The van der Waals surface area contributed by atoms with E-state index in [-0.39, 0.29) is 11.7 Å². The van der Waals surface area contributed by atoms with E-state index in [1.807, 2.05) is 6.07 Å². The first-order valence-corrected chi connectivity index (χ1v) is 5.69. The summed E-state index contributed by atoms with van der Waals surface area (Å²) < 4.78 is 0. The summed E-state index contributed by atoms with van der Waals surface area (Å²) in [5, 5.41) is 18.7. The molecule has 94 valence electrons. The Kier molecular flexibility index (Phi) is 4.97. The van der Waals surface area contributed by atoms with Crippen LogP contribution in [0.1, 0.15) is 18.9 Å². The number of hydrogen-bond donors (Lipinski definition) is 2. The number of para-hydroxylation sites is 1. The van der Waals surface area contributed by atoms with Gasteiger partial charge in [-0.3, -0.25) is 4.79 Å². The fourth-order valence-electron chi connectivity index (χ4n) is 1.65. The van der Waals surface area contributed by atoms with Crippen molar-refractivity contribution >= 4 is 5.91 Å². The van der Waals surface area contributed by atoms with Crippen LogP contribution in [-0.2, 0) is 11.2 Å². The summed E-state index contributed by atoms with van der Waals surface area (Å²) in [7, 11) is 1.67.